The molecule has 1 atom stereocenters. The van der Waals surface area contributed by atoms with Crippen molar-refractivity contribution < 1.29 is 23.3 Å². The standard InChI is InChI=1S/C20H21FN4O4/c1-12-10-17(23-29-12)25-18(26)11-16(20(25)28)24-8-6-15(7-9-24)22-19(27)13-2-4-14(21)5-3-13/h2-5,10,15-16H,6-9,11H2,1H3,(H,22,27). The molecule has 3 amide bonds. The van der Waals surface area contributed by atoms with E-state index in [1.165, 1.54) is 24.3 Å². The monoisotopic (exact) mass is 400 g/mol. The van der Waals surface area contributed by atoms with Crippen LogP contribution in [0.4, 0.5) is 10.2 Å². The van der Waals surface area contributed by atoms with E-state index in [4.69, 9.17) is 4.52 Å². The molecule has 0 aliphatic carbocycles. The summed E-state index contributed by atoms with van der Waals surface area (Å²) < 4.78 is 18.0. The van der Waals surface area contributed by atoms with E-state index in [1.54, 1.807) is 13.0 Å². The Hall–Kier alpha value is -3.07. The normalized spacial score (nSPS) is 21.0. The van der Waals surface area contributed by atoms with Crippen LogP contribution in [0.15, 0.2) is 34.9 Å². The molecule has 0 spiro atoms. The highest BCUT2D eigenvalue weighted by Gasteiger charge is 2.44. The largest absolute Gasteiger partial charge is 0.360 e. The number of carbonyl (C=O) groups is 3. The summed E-state index contributed by atoms with van der Waals surface area (Å²) in [5, 5.41) is 6.73. The van der Waals surface area contributed by atoms with Crippen LogP contribution in [0.25, 0.3) is 0 Å². The molecule has 2 aliphatic rings. The smallest absolute Gasteiger partial charge is 0.252 e. The number of benzene rings is 1. The van der Waals surface area contributed by atoms with E-state index in [9.17, 15) is 18.8 Å². The number of aryl methyl sites for hydroxylation is 1. The van der Waals surface area contributed by atoms with Crippen molar-refractivity contribution in [3.05, 3.63) is 47.5 Å². The topological polar surface area (TPSA) is 95.8 Å². The van der Waals surface area contributed by atoms with Crippen molar-refractivity contribution in [3.63, 3.8) is 0 Å². The molecule has 3 heterocycles. The fraction of sp³-hybridized carbons (Fsp3) is 0.400. The first-order valence-corrected chi connectivity index (χ1v) is 9.53. The Balaban J connectivity index is 1.34. The zero-order valence-corrected chi connectivity index (χ0v) is 15.9. The average Bonchev–Trinajstić information content (AvgIpc) is 3.25. The molecular weight excluding hydrogens is 379 g/mol. The number of hydrogen-bond acceptors (Lipinski definition) is 6. The molecule has 2 aliphatic heterocycles. The highest BCUT2D eigenvalue weighted by Crippen LogP contribution is 2.27. The molecule has 0 radical (unpaired) electrons. The van der Waals surface area contributed by atoms with Crippen molar-refractivity contribution >= 4 is 23.5 Å². The van der Waals surface area contributed by atoms with Crippen molar-refractivity contribution in [2.24, 2.45) is 0 Å². The van der Waals surface area contributed by atoms with Gasteiger partial charge >= 0.3 is 0 Å². The van der Waals surface area contributed by atoms with E-state index in [0.717, 1.165) is 4.90 Å². The summed E-state index contributed by atoms with van der Waals surface area (Å²) in [6.07, 6.45) is 1.43. The van der Waals surface area contributed by atoms with Gasteiger partial charge in [0, 0.05) is 30.8 Å². The lowest BCUT2D eigenvalue weighted by Gasteiger charge is -2.35. The van der Waals surface area contributed by atoms with Crippen LogP contribution >= 0.6 is 0 Å². The Morgan fingerprint density at radius 3 is 2.52 bits per heavy atom. The van der Waals surface area contributed by atoms with Crippen LogP contribution in [0.1, 0.15) is 35.4 Å². The number of hydrogen-bond donors (Lipinski definition) is 1. The fourth-order valence-electron chi connectivity index (χ4n) is 3.83. The van der Waals surface area contributed by atoms with E-state index < -0.39 is 6.04 Å². The first kappa shape index (κ1) is 19.3. The minimum atomic E-state index is -0.520. The molecule has 1 aromatic carbocycles. The van der Waals surface area contributed by atoms with Crippen molar-refractivity contribution in [2.75, 3.05) is 18.0 Å². The molecule has 8 nitrogen and oxygen atoms in total. The lowest BCUT2D eigenvalue weighted by molar-refractivity contribution is -0.123. The van der Waals surface area contributed by atoms with Gasteiger partial charge < -0.3 is 9.84 Å². The average molecular weight is 400 g/mol. The van der Waals surface area contributed by atoms with Crippen molar-refractivity contribution in [2.45, 2.75) is 38.3 Å². The molecule has 1 N–H and O–H groups in total. The molecule has 9 heteroatoms. The summed E-state index contributed by atoms with van der Waals surface area (Å²) in [7, 11) is 0. The Morgan fingerprint density at radius 2 is 1.90 bits per heavy atom. The summed E-state index contributed by atoms with van der Waals surface area (Å²) in [5.74, 6) is -0.469. The molecule has 29 heavy (non-hydrogen) atoms. The number of anilines is 1. The third-order valence-electron chi connectivity index (χ3n) is 5.38. The SMILES string of the molecule is Cc1cc(N2C(=O)CC(N3CCC(NC(=O)c4ccc(F)cc4)CC3)C2=O)no1. The Bertz CT molecular complexity index is 934. The van der Waals surface area contributed by atoms with Crippen LogP contribution in [0, 0.1) is 12.7 Å². The van der Waals surface area contributed by atoms with Gasteiger partial charge in [-0.25, -0.2) is 9.29 Å². The van der Waals surface area contributed by atoms with Crippen LogP contribution in [0.2, 0.25) is 0 Å². The van der Waals surface area contributed by atoms with Crippen LogP contribution < -0.4 is 10.2 Å². The van der Waals surface area contributed by atoms with E-state index in [0.29, 0.717) is 37.3 Å². The second-order valence-electron chi connectivity index (χ2n) is 7.37. The number of aromatic nitrogens is 1. The van der Waals surface area contributed by atoms with Crippen LogP contribution in [0.5, 0.6) is 0 Å². The van der Waals surface area contributed by atoms with Gasteiger partial charge in [-0.3, -0.25) is 19.3 Å². The number of piperidine rings is 1. The predicted octanol–water partition coefficient (Wildman–Crippen LogP) is 1.65. The zero-order chi connectivity index (χ0) is 20.5. The maximum absolute atomic E-state index is 13.0. The molecule has 2 fully saturated rings. The molecule has 2 aromatic rings. The molecule has 4 rings (SSSR count). The number of likely N-dealkylation sites (tertiary alicyclic amines) is 1. The number of nitrogens with one attached hydrogen (secondary N) is 1. The fourth-order valence-corrected chi connectivity index (χ4v) is 3.83. The Kier molecular flexibility index (Phi) is 5.14. The van der Waals surface area contributed by atoms with Gasteiger partial charge in [0.05, 0.1) is 12.5 Å². The Morgan fingerprint density at radius 1 is 1.21 bits per heavy atom. The Labute approximate surface area is 166 Å². The summed E-state index contributed by atoms with van der Waals surface area (Å²) in [6.45, 7) is 2.87. The summed E-state index contributed by atoms with van der Waals surface area (Å²) >= 11 is 0. The van der Waals surface area contributed by atoms with Crippen molar-refractivity contribution in [1.82, 2.24) is 15.4 Å². The molecular formula is C20H21FN4O4. The van der Waals surface area contributed by atoms with Crippen molar-refractivity contribution in [1.29, 1.82) is 0 Å². The van der Waals surface area contributed by atoms with Gasteiger partial charge in [-0.15, -0.1) is 0 Å². The molecule has 1 aromatic heterocycles. The van der Waals surface area contributed by atoms with Gasteiger partial charge in [0.15, 0.2) is 5.82 Å². The minimum Gasteiger partial charge on any atom is -0.360 e. The number of rotatable bonds is 4. The number of imide groups is 1. The van der Waals surface area contributed by atoms with E-state index in [1.807, 2.05) is 4.90 Å². The van der Waals surface area contributed by atoms with Crippen LogP contribution in [0.3, 0.4) is 0 Å². The van der Waals surface area contributed by atoms with E-state index in [-0.39, 0.29) is 41.8 Å². The molecule has 0 saturated carbocycles. The first-order chi connectivity index (χ1) is 13.9. The first-order valence-electron chi connectivity index (χ1n) is 9.53. The van der Waals surface area contributed by atoms with Gasteiger partial charge in [0.2, 0.25) is 5.91 Å². The lowest BCUT2D eigenvalue weighted by atomic mass is 10.0. The summed E-state index contributed by atoms with van der Waals surface area (Å²) in [6, 6.07) is 6.41. The number of carbonyl (C=O) groups excluding carboxylic acids is 3. The third kappa shape index (κ3) is 3.91. The lowest BCUT2D eigenvalue weighted by Crippen LogP contribution is -2.50. The maximum Gasteiger partial charge on any atom is 0.252 e. The summed E-state index contributed by atoms with van der Waals surface area (Å²) in [5.41, 5.74) is 0.406. The zero-order valence-electron chi connectivity index (χ0n) is 15.9. The van der Waals surface area contributed by atoms with E-state index in [2.05, 4.69) is 10.5 Å². The number of nitrogens with zero attached hydrogens (tertiary/aromatic N) is 3. The molecule has 152 valence electrons. The van der Waals surface area contributed by atoms with Gasteiger partial charge in [0.25, 0.3) is 11.8 Å². The van der Waals surface area contributed by atoms with Crippen LogP contribution in [-0.4, -0.2) is 53.0 Å². The van der Waals surface area contributed by atoms with Gasteiger partial charge in [-0.2, -0.15) is 0 Å². The van der Waals surface area contributed by atoms with Gasteiger partial charge in [-0.05, 0) is 44.0 Å². The minimum absolute atomic E-state index is 0.0368. The second kappa shape index (κ2) is 7.75. The molecule has 0 bridgehead atoms. The van der Waals surface area contributed by atoms with Crippen molar-refractivity contribution in [3.8, 4) is 0 Å². The predicted molar refractivity (Wildman–Crippen MR) is 101 cm³/mol. The molecule has 2 saturated heterocycles. The number of halogens is 1. The maximum atomic E-state index is 13.0. The van der Waals surface area contributed by atoms with E-state index >= 15 is 0 Å². The molecule has 1 unspecified atom stereocenters. The van der Waals surface area contributed by atoms with Gasteiger partial charge in [0.1, 0.15) is 11.6 Å². The van der Waals surface area contributed by atoms with Gasteiger partial charge in [-0.1, -0.05) is 5.16 Å². The van der Waals surface area contributed by atoms with Crippen LogP contribution in [-0.2, 0) is 9.59 Å². The third-order valence-corrected chi connectivity index (χ3v) is 5.38. The highest BCUT2D eigenvalue weighted by molar-refractivity contribution is 6.21. The second-order valence-corrected chi connectivity index (χ2v) is 7.37. The summed E-state index contributed by atoms with van der Waals surface area (Å²) in [4.78, 5) is 40.5. The number of amides is 3. The quantitative estimate of drug-likeness (QED) is 0.784. The highest BCUT2D eigenvalue weighted by atomic mass is 19.1.